The summed E-state index contributed by atoms with van der Waals surface area (Å²) in [5.41, 5.74) is 9.63. The predicted octanol–water partition coefficient (Wildman–Crippen LogP) is 2.75. The van der Waals surface area contributed by atoms with Gasteiger partial charge < -0.3 is 0 Å². The molecule has 0 saturated carbocycles. The van der Waals surface area contributed by atoms with Gasteiger partial charge in [0.05, 0.1) is 11.0 Å². The van der Waals surface area contributed by atoms with Crippen LogP contribution in [0.3, 0.4) is 0 Å². The maximum atomic E-state index is 5.21. The molecule has 0 aliphatic heterocycles. The van der Waals surface area contributed by atoms with E-state index >= 15 is 0 Å². The number of nitrogens with zero attached hydrogens (tertiary/aromatic N) is 2. The average Bonchev–Trinajstić information content (AvgIpc) is 3.08. The van der Waals surface area contributed by atoms with Crippen molar-refractivity contribution in [1.82, 2.24) is 9.38 Å². The second-order valence-electron chi connectivity index (χ2n) is 10.3. The second kappa shape index (κ2) is 5.03. The molecule has 4 heteroatoms. The standard InChI is InChI=1S/C24H28B2N2/c1-22(2)15-16(23(3,4)24(22,5)6)18(26)20-19(17(15)25)27-21-14-10-8-7-9-13(14)11-12-28(20)21/h7-12H,25-26H2,1-6H3. The van der Waals surface area contributed by atoms with E-state index in [0.29, 0.717) is 0 Å². The Hall–Kier alpha value is -2.22. The van der Waals surface area contributed by atoms with Gasteiger partial charge in [-0.2, -0.15) is 0 Å². The predicted molar refractivity (Wildman–Crippen MR) is 126 cm³/mol. The number of fused-ring (bicyclic) bond motifs is 6. The van der Waals surface area contributed by atoms with Gasteiger partial charge in [0.2, 0.25) is 0 Å². The first-order chi connectivity index (χ1) is 13.0. The quantitative estimate of drug-likeness (QED) is 0.438. The molecule has 0 saturated heterocycles. The Morgan fingerprint density at radius 1 is 0.821 bits per heavy atom. The van der Waals surface area contributed by atoms with E-state index in [9.17, 15) is 0 Å². The van der Waals surface area contributed by atoms with E-state index in [-0.39, 0.29) is 16.2 Å². The Kier molecular flexibility index (Phi) is 3.21. The van der Waals surface area contributed by atoms with Crippen LogP contribution in [0, 0.1) is 5.41 Å². The van der Waals surface area contributed by atoms with Gasteiger partial charge in [-0.3, -0.25) is 4.40 Å². The molecule has 140 valence electrons. The van der Waals surface area contributed by atoms with Crippen LogP contribution in [-0.4, -0.2) is 25.1 Å². The van der Waals surface area contributed by atoms with E-state index in [1.54, 1.807) is 0 Å². The van der Waals surface area contributed by atoms with Crippen LogP contribution in [0.25, 0.3) is 27.5 Å². The van der Waals surface area contributed by atoms with Gasteiger partial charge >= 0.3 is 0 Å². The lowest BCUT2D eigenvalue weighted by molar-refractivity contribution is 0.125. The number of rotatable bonds is 0. The van der Waals surface area contributed by atoms with E-state index in [1.807, 2.05) is 0 Å². The summed E-state index contributed by atoms with van der Waals surface area (Å²) in [7, 11) is 4.59. The van der Waals surface area contributed by atoms with Crippen molar-refractivity contribution in [2.75, 3.05) is 0 Å². The fourth-order valence-corrected chi connectivity index (χ4v) is 5.97. The van der Waals surface area contributed by atoms with Crippen molar-refractivity contribution in [2.24, 2.45) is 5.41 Å². The molecule has 2 nitrogen and oxygen atoms in total. The minimum Gasteiger partial charge on any atom is -0.300 e. The highest BCUT2D eigenvalue weighted by Crippen LogP contribution is 2.60. The highest BCUT2D eigenvalue weighted by atomic mass is 15.0. The fourth-order valence-electron chi connectivity index (χ4n) is 5.97. The van der Waals surface area contributed by atoms with Crippen LogP contribution in [-0.2, 0) is 10.8 Å². The number of pyridine rings is 1. The smallest absolute Gasteiger partial charge is 0.145 e. The van der Waals surface area contributed by atoms with Crippen molar-refractivity contribution in [1.29, 1.82) is 0 Å². The number of aromatic nitrogens is 2. The van der Waals surface area contributed by atoms with E-state index < -0.39 is 0 Å². The van der Waals surface area contributed by atoms with Gasteiger partial charge in [0.1, 0.15) is 21.3 Å². The maximum absolute atomic E-state index is 5.21. The summed E-state index contributed by atoms with van der Waals surface area (Å²) in [5.74, 6) is 0. The molecule has 28 heavy (non-hydrogen) atoms. The molecule has 0 unspecified atom stereocenters. The molecule has 5 rings (SSSR count). The number of hydrogen-bond acceptors (Lipinski definition) is 1. The Bertz CT molecular complexity index is 1310. The molecule has 4 aromatic rings. The zero-order valence-corrected chi connectivity index (χ0v) is 18.4. The number of hydrogen-bond donors (Lipinski definition) is 0. The Balaban J connectivity index is 2.04. The topological polar surface area (TPSA) is 17.3 Å². The van der Waals surface area contributed by atoms with Crippen molar-refractivity contribution in [3.8, 4) is 0 Å². The van der Waals surface area contributed by atoms with Crippen LogP contribution >= 0.6 is 0 Å². The molecular weight excluding hydrogens is 338 g/mol. The molecule has 0 bridgehead atoms. The van der Waals surface area contributed by atoms with Crippen molar-refractivity contribution in [3.63, 3.8) is 0 Å². The van der Waals surface area contributed by atoms with E-state index in [4.69, 9.17) is 4.98 Å². The van der Waals surface area contributed by atoms with Crippen LogP contribution in [0.1, 0.15) is 52.7 Å². The van der Waals surface area contributed by atoms with Crippen LogP contribution < -0.4 is 10.9 Å². The van der Waals surface area contributed by atoms with E-state index in [2.05, 4.69) is 98.2 Å². The van der Waals surface area contributed by atoms with Crippen molar-refractivity contribution in [3.05, 3.63) is 47.7 Å². The third kappa shape index (κ3) is 1.76. The van der Waals surface area contributed by atoms with Crippen molar-refractivity contribution < 1.29 is 0 Å². The molecular formula is C24H28B2N2. The summed E-state index contributed by atoms with van der Waals surface area (Å²) in [5, 5.41) is 2.47. The highest BCUT2D eigenvalue weighted by Gasteiger charge is 2.58. The summed E-state index contributed by atoms with van der Waals surface area (Å²) < 4.78 is 2.31. The number of imidazole rings is 1. The monoisotopic (exact) mass is 366 g/mol. The van der Waals surface area contributed by atoms with Crippen LogP contribution in [0.5, 0.6) is 0 Å². The summed E-state index contributed by atoms with van der Waals surface area (Å²) in [6.45, 7) is 14.6. The van der Waals surface area contributed by atoms with Gasteiger partial charge in [0, 0.05) is 11.6 Å². The Morgan fingerprint density at radius 2 is 1.43 bits per heavy atom. The Labute approximate surface area is 169 Å². The van der Waals surface area contributed by atoms with Crippen LogP contribution in [0.4, 0.5) is 0 Å². The van der Waals surface area contributed by atoms with Gasteiger partial charge in [-0.1, -0.05) is 76.7 Å². The van der Waals surface area contributed by atoms with Gasteiger partial charge in [-0.15, -0.1) is 0 Å². The summed E-state index contributed by atoms with van der Waals surface area (Å²) in [4.78, 5) is 5.21. The lowest BCUT2D eigenvalue weighted by Crippen LogP contribution is -2.43. The molecule has 1 aliphatic rings. The zero-order chi connectivity index (χ0) is 20.2. The van der Waals surface area contributed by atoms with Crippen LogP contribution in [0.15, 0.2) is 36.5 Å². The molecule has 0 amide bonds. The molecule has 0 spiro atoms. The summed E-state index contributed by atoms with van der Waals surface area (Å²) in [6, 6.07) is 10.8. The van der Waals surface area contributed by atoms with Crippen molar-refractivity contribution >= 4 is 54.1 Å². The largest absolute Gasteiger partial charge is 0.300 e. The molecule has 2 aromatic heterocycles. The molecule has 0 radical (unpaired) electrons. The van der Waals surface area contributed by atoms with Crippen molar-refractivity contribution in [2.45, 2.75) is 52.4 Å². The number of benzene rings is 2. The first kappa shape index (κ1) is 17.8. The molecule has 2 aromatic carbocycles. The highest BCUT2D eigenvalue weighted by molar-refractivity contribution is 6.46. The van der Waals surface area contributed by atoms with Gasteiger partial charge in [-0.05, 0) is 38.8 Å². The zero-order valence-electron chi connectivity index (χ0n) is 18.4. The SMILES string of the molecule is Bc1c2c(c(B)c3c1nc1c4ccccc4ccn13)C(C)(C)C(C)(C)C2(C)C. The summed E-state index contributed by atoms with van der Waals surface area (Å²) >= 11 is 0. The fraction of sp³-hybridized carbons (Fsp3) is 0.375. The van der Waals surface area contributed by atoms with Crippen LogP contribution in [0.2, 0.25) is 0 Å². The van der Waals surface area contributed by atoms with Gasteiger partial charge in [0.15, 0.2) is 0 Å². The summed E-state index contributed by atoms with van der Waals surface area (Å²) in [6.07, 6.45) is 2.20. The lowest BCUT2D eigenvalue weighted by Gasteiger charge is -2.45. The van der Waals surface area contributed by atoms with Gasteiger partial charge in [0.25, 0.3) is 0 Å². The Morgan fingerprint density at radius 3 is 2.11 bits per heavy atom. The normalized spacial score (nSPS) is 19.5. The molecule has 0 fully saturated rings. The third-order valence-electron chi connectivity index (χ3n) is 8.60. The molecule has 0 N–H and O–H groups in total. The molecule has 0 atom stereocenters. The lowest BCUT2D eigenvalue weighted by atomic mass is 9.58. The minimum absolute atomic E-state index is 0.0900. The first-order valence-electron chi connectivity index (χ1n) is 10.4. The third-order valence-corrected chi connectivity index (χ3v) is 8.60. The van der Waals surface area contributed by atoms with E-state index in [0.717, 1.165) is 11.2 Å². The first-order valence-corrected chi connectivity index (χ1v) is 10.4. The minimum atomic E-state index is 0.0900. The van der Waals surface area contributed by atoms with Gasteiger partial charge in [-0.25, -0.2) is 4.98 Å². The van der Waals surface area contributed by atoms with E-state index in [1.165, 1.54) is 38.3 Å². The molecule has 1 aliphatic carbocycles. The average molecular weight is 366 g/mol. The maximum Gasteiger partial charge on any atom is 0.145 e. The molecule has 2 heterocycles. The second-order valence-corrected chi connectivity index (χ2v) is 10.3.